The highest BCUT2D eigenvalue weighted by Gasteiger charge is 2.43. The summed E-state index contributed by atoms with van der Waals surface area (Å²) in [5, 5.41) is 0.811. The van der Waals surface area contributed by atoms with Crippen LogP contribution in [0.2, 0.25) is 5.02 Å². The number of nitrogens with two attached hydrogens (primary N) is 1. The van der Waals surface area contributed by atoms with Crippen molar-refractivity contribution >= 4 is 11.6 Å². The van der Waals surface area contributed by atoms with Crippen molar-refractivity contribution in [2.24, 2.45) is 5.73 Å². The Morgan fingerprint density at radius 2 is 1.94 bits per heavy atom. The van der Waals surface area contributed by atoms with Crippen molar-refractivity contribution in [2.75, 3.05) is 0 Å². The molecule has 0 radical (unpaired) electrons. The van der Waals surface area contributed by atoms with E-state index in [9.17, 15) is 0 Å². The minimum absolute atomic E-state index is 0.236. The molecule has 17 heavy (non-hydrogen) atoms. The van der Waals surface area contributed by atoms with Crippen molar-refractivity contribution in [1.82, 2.24) is 0 Å². The lowest BCUT2D eigenvalue weighted by molar-refractivity contribution is 0.186. The van der Waals surface area contributed by atoms with Gasteiger partial charge >= 0.3 is 0 Å². The number of hydrogen-bond acceptors (Lipinski definition) is 1. The fourth-order valence-corrected chi connectivity index (χ4v) is 3.04. The van der Waals surface area contributed by atoms with Gasteiger partial charge in [0.2, 0.25) is 0 Å². The van der Waals surface area contributed by atoms with Gasteiger partial charge in [0.15, 0.2) is 0 Å². The van der Waals surface area contributed by atoms with E-state index in [0.717, 1.165) is 11.4 Å². The molecule has 2 heteroatoms. The summed E-state index contributed by atoms with van der Waals surface area (Å²) >= 11 is 5.95. The van der Waals surface area contributed by atoms with Crippen LogP contribution in [0, 0.1) is 0 Å². The first-order valence-corrected chi connectivity index (χ1v) is 7.08. The normalized spacial score (nSPS) is 19.7. The van der Waals surface area contributed by atoms with Crippen LogP contribution in [0.4, 0.5) is 0 Å². The number of rotatable bonds is 5. The molecule has 0 amide bonds. The molecule has 0 bridgehead atoms. The lowest BCUT2D eigenvalue weighted by Gasteiger charge is -2.47. The molecule has 1 unspecified atom stereocenters. The summed E-state index contributed by atoms with van der Waals surface area (Å²) in [5.41, 5.74) is 8.06. The van der Waals surface area contributed by atoms with Gasteiger partial charge in [-0.3, -0.25) is 0 Å². The van der Waals surface area contributed by atoms with Crippen LogP contribution in [-0.2, 0) is 5.41 Å². The predicted molar refractivity (Wildman–Crippen MR) is 74.5 cm³/mol. The van der Waals surface area contributed by atoms with E-state index in [1.807, 2.05) is 12.1 Å². The molecule has 0 heterocycles. The minimum atomic E-state index is 0.236. The molecule has 1 nitrogen and oxygen atoms in total. The van der Waals surface area contributed by atoms with Crippen LogP contribution >= 0.6 is 11.6 Å². The fraction of sp³-hybridized carbons (Fsp3) is 0.600. The van der Waals surface area contributed by atoms with Gasteiger partial charge in [0.05, 0.1) is 0 Å². The number of hydrogen-bond donors (Lipinski definition) is 1. The molecule has 1 aliphatic rings. The molecular formula is C15H22ClN. The highest BCUT2D eigenvalue weighted by atomic mass is 35.5. The Morgan fingerprint density at radius 1 is 1.29 bits per heavy atom. The van der Waals surface area contributed by atoms with Gasteiger partial charge in [-0.2, -0.15) is 0 Å². The third-order valence-electron chi connectivity index (χ3n) is 4.24. The molecule has 0 spiro atoms. The van der Waals surface area contributed by atoms with Gasteiger partial charge in [0.25, 0.3) is 0 Å². The Balaban J connectivity index is 2.16. The van der Waals surface area contributed by atoms with Crippen LogP contribution in [0.15, 0.2) is 24.3 Å². The summed E-state index contributed by atoms with van der Waals surface area (Å²) in [5.74, 6) is 0. The summed E-state index contributed by atoms with van der Waals surface area (Å²) < 4.78 is 0. The van der Waals surface area contributed by atoms with E-state index in [1.54, 1.807) is 0 Å². The summed E-state index contributed by atoms with van der Waals surface area (Å²) in [7, 11) is 0. The zero-order valence-corrected chi connectivity index (χ0v) is 11.3. The summed E-state index contributed by atoms with van der Waals surface area (Å²) in [6, 6.07) is 8.60. The first kappa shape index (κ1) is 12.9. The van der Waals surface area contributed by atoms with Gasteiger partial charge in [0, 0.05) is 16.5 Å². The van der Waals surface area contributed by atoms with Gasteiger partial charge in [-0.1, -0.05) is 49.9 Å². The largest absolute Gasteiger partial charge is 0.327 e. The molecule has 1 fully saturated rings. The third-order valence-corrected chi connectivity index (χ3v) is 4.50. The Kier molecular flexibility index (Phi) is 4.11. The van der Waals surface area contributed by atoms with Gasteiger partial charge in [-0.25, -0.2) is 0 Å². The van der Waals surface area contributed by atoms with Crippen molar-refractivity contribution in [1.29, 1.82) is 0 Å². The monoisotopic (exact) mass is 251 g/mol. The zero-order chi connectivity index (χ0) is 12.3. The Bertz CT molecular complexity index is 354. The van der Waals surface area contributed by atoms with Gasteiger partial charge in [-0.15, -0.1) is 0 Å². The van der Waals surface area contributed by atoms with Crippen molar-refractivity contribution in [3.05, 3.63) is 34.9 Å². The fourth-order valence-electron chi connectivity index (χ4n) is 2.91. The van der Waals surface area contributed by atoms with Gasteiger partial charge < -0.3 is 5.73 Å². The molecular weight excluding hydrogens is 230 g/mol. The van der Waals surface area contributed by atoms with E-state index in [2.05, 4.69) is 19.1 Å². The minimum Gasteiger partial charge on any atom is -0.327 e. The predicted octanol–water partition coefficient (Wildman–Crippen LogP) is 4.28. The van der Waals surface area contributed by atoms with Crippen LogP contribution in [0.5, 0.6) is 0 Å². The molecule has 1 aromatic carbocycles. The average molecular weight is 252 g/mol. The smallest absolute Gasteiger partial charge is 0.0406 e. The molecule has 1 atom stereocenters. The highest BCUT2D eigenvalue weighted by molar-refractivity contribution is 6.30. The Hall–Kier alpha value is -0.530. The number of halogens is 1. The van der Waals surface area contributed by atoms with Crippen LogP contribution in [0.3, 0.4) is 0 Å². The molecule has 0 saturated heterocycles. The molecule has 0 aromatic heterocycles. The second kappa shape index (κ2) is 5.41. The van der Waals surface area contributed by atoms with E-state index >= 15 is 0 Å². The quantitative estimate of drug-likeness (QED) is 0.831. The standard InChI is InChI=1S/C15H22ClN/c1-2-3-5-14(17)15(10-4-11-15)12-6-8-13(16)9-7-12/h6-9,14H,2-5,10-11,17H2,1H3. The molecule has 2 rings (SSSR count). The first-order valence-electron chi connectivity index (χ1n) is 6.70. The number of benzene rings is 1. The molecule has 1 aliphatic carbocycles. The first-order chi connectivity index (χ1) is 8.19. The van der Waals surface area contributed by atoms with Gasteiger partial charge in [0.1, 0.15) is 0 Å². The van der Waals surface area contributed by atoms with Crippen molar-refractivity contribution in [3.63, 3.8) is 0 Å². The van der Waals surface area contributed by atoms with Gasteiger partial charge in [-0.05, 0) is 37.0 Å². The van der Waals surface area contributed by atoms with Crippen molar-refractivity contribution < 1.29 is 0 Å². The van der Waals surface area contributed by atoms with Crippen LogP contribution in [0.1, 0.15) is 51.0 Å². The van der Waals surface area contributed by atoms with Crippen molar-refractivity contribution in [2.45, 2.75) is 56.9 Å². The molecule has 94 valence electrons. The lowest BCUT2D eigenvalue weighted by atomic mass is 9.59. The maximum atomic E-state index is 6.44. The SMILES string of the molecule is CCCCC(N)C1(c2ccc(Cl)cc2)CCC1. The highest BCUT2D eigenvalue weighted by Crippen LogP contribution is 2.47. The molecule has 0 aliphatic heterocycles. The molecule has 2 N–H and O–H groups in total. The topological polar surface area (TPSA) is 26.0 Å². The van der Waals surface area contributed by atoms with E-state index in [-0.39, 0.29) is 5.41 Å². The third kappa shape index (κ3) is 2.51. The van der Waals surface area contributed by atoms with Crippen molar-refractivity contribution in [3.8, 4) is 0 Å². The molecule has 1 aromatic rings. The van der Waals surface area contributed by atoms with Crippen LogP contribution in [0.25, 0.3) is 0 Å². The Labute approximate surface area is 109 Å². The van der Waals surface area contributed by atoms with E-state index in [0.29, 0.717) is 6.04 Å². The summed E-state index contributed by atoms with van der Waals surface area (Å²) in [6.07, 6.45) is 7.38. The Morgan fingerprint density at radius 3 is 2.41 bits per heavy atom. The van der Waals surface area contributed by atoms with E-state index in [1.165, 1.54) is 37.7 Å². The summed E-state index contributed by atoms with van der Waals surface area (Å²) in [4.78, 5) is 0. The lowest BCUT2D eigenvalue weighted by Crippen LogP contribution is -2.50. The molecule has 1 saturated carbocycles. The average Bonchev–Trinajstić information content (AvgIpc) is 2.27. The maximum Gasteiger partial charge on any atom is 0.0406 e. The maximum absolute atomic E-state index is 6.44. The second-order valence-corrected chi connectivity index (χ2v) is 5.70. The number of unbranched alkanes of at least 4 members (excludes halogenated alkanes) is 1. The zero-order valence-electron chi connectivity index (χ0n) is 10.6. The summed E-state index contributed by atoms with van der Waals surface area (Å²) in [6.45, 7) is 2.22. The van der Waals surface area contributed by atoms with E-state index in [4.69, 9.17) is 17.3 Å². The van der Waals surface area contributed by atoms with Crippen LogP contribution < -0.4 is 5.73 Å². The van der Waals surface area contributed by atoms with E-state index < -0.39 is 0 Å². The second-order valence-electron chi connectivity index (χ2n) is 5.27. The van der Waals surface area contributed by atoms with Crippen LogP contribution in [-0.4, -0.2) is 6.04 Å².